The minimum absolute atomic E-state index is 0.176. The van der Waals surface area contributed by atoms with Gasteiger partial charge in [0.25, 0.3) is 5.91 Å². The zero-order valence-corrected chi connectivity index (χ0v) is 21.6. The number of carbonyl (C=O) groups excluding carboxylic acids is 4. The number of hydrogen-bond donors (Lipinski definition) is 4. The van der Waals surface area contributed by atoms with Crippen molar-refractivity contribution in [1.29, 1.82) is 5.26 Å². The van der Waals surface area contributed by atoms with Gasteiger partial charge in [-0.1, -0.05) is 12.1 Å². The van der Waals surface area contributed by atoms with Crippen LogP contribution in [0.25, 0.3) is 0 Å². The zero-order valence-electron chi connectivity index (χ0n) is 21.6. The molecule has 2 aromatic rings. The maximum atomic E-state index is 13.6. The van der Waals surface area contributed by atoms with Gasteiger partial charge in [0.05, 0.1) is 19.6 Å². The van der Waals surface area contributed by atoms with Crippen LogP contribution in [0.1, 0.15) is 38.8 Å². The fourth-order valence-corrected chi connectivity index (χ4v) is 3.48. The van der Waals surface area contributed by atoms with Gasteiger partial charge in [0.1, 0.15) is 35.7 Å². The van der Waals surface area contributed by atoms with E-state index in [-0.39, 0.29) is 11.3 Å². The molecule has 0 fully saturated rings. The van der Waals surface area contributed by atoms with E-state index in [1.165, 1.54) is 31.4 Å². The van der Waals surface area contributed by atoms with E-state index in [1.54, 1.807) is 45.0 Å². The van der Waals surface area contributed by atoms with Crippen molar-refractivity contribution in [2.24, 2.45) is 5.73 Å². The van der Waals surface area contributed by atoms with E-state index in [4.69, 9.17) is 15.2 Å². The predicted molar refractivity (Wildman–Crippen MR) is 137 cm³/mol. The molecule has 0 aliphatic carbocycles. The molecule has 2 atom stereocenters. The summed E-state index contributed by atoms with van der Waals surface area (Å²) in [7, 11) is 1.49. The van der Waals surface area contributed by atoms with Crippen LogP contribution in [-0.2, 0) is 19.1 Å². The summed E-state index contributed by atoms with van der Waals surface area (Å²) in [5.41, 5.74) is 4.95. The van der Waals surface area contributed by atoms with Crippen LogP contribution in [0, 0.1) is 11.3 Å². The molecule has 2 unspecified atom stereocenters. The van der Waals surface area contributed by atoms with Crippen LogP contribution >= 0.6 is 0 Å². The Morgan fingerprint density at radius 3 is 2.32 bits per heavy atom. The molecule has 2 rings (SSSR count). The number of hydrogen-bond acceptors (Lipinski definition) is 8. The SMILES string of the molecule is COc1ccc(NC(=O)C(c2cccc(O)c2)N(CC#N)C(=O)C(CC(N)=O)NC(=O)OC(C)(C)C)cc1. The molecular formula is C26H31N5O7. The second kappa shape index (κ2) is 13.0. The van der Waals surface area contributed by atoms with Crippen LogP contribution < -0.4 is 21.1 Å². The molecule has 0 radical (unpaired) electrons. The van der Waals surface area contributed by atoms with Crippen LogP contribution in [-0.4, -0.2) is 59.1 Å². The molecule has 12 nitrogen and oxygen atoms in total. The number of methoxy groups -OCH3 is 1. The number of amides is 4. The third-order valence-corrected chi connectivity index (χ3v) is 5.02. The van der Waals surface area contributed by atoms with Gasteiger partial charge in [-0.15, -0.1) is 0 Å². The third kappa shape index (κ3) is 8.70. The lowest BCUT2D eigenvalue weighted by Crippen LogP contribution is -2.53. The van der Waals surface area contributed by atoms with E-state index in [0.717, 1.165) is 4.90 Å². The highest BCUT2D eigenvalue weighted by molar-refractivity contribution is 5.99. The lowest BCUT2D eigenvalue weighted by atomic mass is 10.0. The number of nitrogens with two attached hydrogens (primary N) is 1. The van der Waals surface area contributed by atoms with E-state index >= 15 is 0 Å². The van der Waals surface area contributed by atoms with Crippen LogP contribution in [0.4, 0.5) is 10.5 Å². The van der Waals surface area contributed by atoms with Gasteiger partial charge in [0.2, 0.25) is 11.8 Å². The Hall–Kier alpha value is -4.79. The number of nitrogens with one attached hydrogen (secondary N) is 2. The van der Waals surface area contributed by atoms with Crippen molar-refractivity contribution in [2.75, 3.05) is 19.0 Å². The summed E-state index contributed by atoms with van der Waals surface area (Å²) >= 11 is 0. The second-order valence-corrected chi connectivity index (χ2v) is 9.21. The van der Waals surface area contributed by atoms with Crippen molar-refractivity contribution in [2.45, 2.75) is 44.9 Å². The number of nitrogens with zero attached hydrogens (tertiary/aromatic N) is 2. The van der Waals surface area contributed by atoms with Gasteiger partial charge >= 0.3 is 6.09 Å². The smallest absolute Gasteiger partial charge is 0.408 e. The van der Waals surface area contributed by atoms with E-state index in [9.17, 15) is 29.5 Å². The molecule has 0 heterocycles. The lowest BCUT2D eigenvalue weighted by molar-refractivity contribution is -0.141. The molecule has 5 N–H and O–H groups in total. The Labute approximate surface area is 220 Å². The summed E-state index contributed by atoms with van der Waals surface area (Å²) in [5, 5.41) is 24.5. The Bertz CT molecular complexity index is 1200. The zero-order chi connectivity index (χ0) is 28.5. The Balaban J connectivity index is 2.49. The maximum Gasteiger partial charge on any atom is 0.408 e. The molecule has 0 spiro atoms. The third-order valence-electron chi connectivity index (χ3n) is 5.02. The van der Waals surface area contributed by atoms with Crippen LogP contribution in [0.5, 0.6) is 11.5 Å². The first-order chi connectivity index (χ1) is 17.8. The predicted octanol–water partition coefficient (Wildman–Crippen LogP) is 2.20. The number of rotatable bonds is 10. The molecule has 38 heavy (non-hydrogen) atoms. The highest BCUT2D eigenvalue weighted by Gasteiger charge is 2.37. The van der Waals surface area contributed by atoms with Gasteiger partial charge < -0.3 is 35.8 Å². The number of ether oxygens (including phenoxy) is 2. The number of alkyl carbamates (subject to hydrolysis) is 1. The number of phenolic OH excluding ortho intramolecular Hbond substituents is 1. The number of anilines is 1. The number of carbonyl (C=O) groups is 4. The molecule has 0 aromatic heterocycles. The van der Waals surface area contributed by atoms with Gasteiger partial charge in [-0.2, -0.15) is 5.26 Å². The highest BCUT2D eigenvalue weighted by Crippen LogP contribution is 2.27. The lowest BCUT2D eigenvalue weighted by Gasteiger charge is -2.32. The molecule has 0 aliphatic rings. The van der Waals surface area contributed by atoms with Gasteiger partial charge in [-0.3, -0.25) is 14.4 Å². The Morgan fingerprint density at radius 1 is 1.13 bits per heavy atom. The summed E-state index contributed by atoms with van der Waals surface area (Å²) < 4.78 is 10.3. The molecule has 0 saturated carbocycles. The van der Waals surface area contributed by atoms with Gasteiger partial charge in [-0.05, 0) is 62.7 Å². The van der Waals surface area contributed by atoms with Gasteiger partial charge in [0.15, 0.2) is 0 Å². The number of phenols is 1. The molecular weight excluding hydrogens is 494 g/mol. The van der Waals surface area contributed by atoms with Crippen molar-refractivity contribution >= 4 is 29.5 Å². The molecule has 2 aromatic carbocycles. The van der Waals surface area contributed by atoms with Crippen molar-refractivity contribution in [3.63, 3.8) is 0 Å². The summed E-state index contributed by atoms with van der Waals surface area (Å²) in [6, 6.07) is 10.8. The molecule has 0 aliphatic heterocycles. The number of benzene rings is 2. The summed E-state index contributed by atoms with van der Waals surface area (Å²) in [6.07, 6.45) is -1.61. The minimum Gasteiger partial charge on any atom is -0.508 e. The maximum absolute atomic E-state index is 13.6. The van der Waals surface area contributed by atoms with Crippen molar-refractivity contribution < 1.29 is 33.8 Å². The number of primary amides is 1. The van der Waals surface area contributed by atoms with E-state index in [0.29, 0.717) is 11.4 Å². The molecule has 0 saturated heterocycles. The van der Waals surface area contributed by atoms with Gasteiger partial charge in [-0.25, -0.2) is 4.79 Å². The minimum atomic E-state index is -1.54. The largest absolute Gasteiger partial charge is 0.508 e. The van der Waals surface area contributed by atoms with Crippen LogP contribution in [0.2, 0.25) is 0 Å². The normalized spacial score (nSPS) is 12.3. The van der Waals surface area contributed by atoms with Crippen molar-refractivity contribution in [1.82, 2.24) is 10.2 Å². The topological polar surface area (TPSA) is 184 Å². The van der Waals surface area contributed by atoms with E-state index in [1.807, 2.05) is 6.07 Å². The monoisotopic (exact) mass is 525 g/mol. The van der Waals surface area contributed by atoms with Crippen molar-refractivity contribution in [3.05, 3.63) is 54.1 Å². The fraction of sp³-hybridized carbons (Fsp3) is 0.346. The standard InChI is InChI=1S/C26H31N5O7/c1-26(2,3)38-25(36)30-20(15-21(28)33)24(35)31(13-12-27)22(16-6-5-7-18(32)14-16)23(34)29-17-8-10-19(37-4)11-9-17/h5-11,14,20,22,32H,13,15H2,1-4H3,(H2,28,33)(H,29,34)(H,30,36). The second-order valence-electron chi connectivity index (χ2n) is 9.21. The molecule has 4 amide bonds. The average Bonchev–Trinajstić information content (AvgIpc) is 2.82. The fourth-order valence-electron chi connectivity index (χ4n) is 3.48. The van der Waals surface area contributed by atoms with Crippen LogP contribution in [0.3, 0.4) is 0 Å². The number of nitriles is 1. The molecule has 202 valence electrons. The summed E-state index contributed by atoms with van der Waals surface area (Å²) in [4.78, 5) is 52.2. The van der Waals surface area contributed by atoms with E-state index < -0.39 is 54.5 Å². The van der Waals surface area contributed by atoms with Crippen molar-refractivity contribution in [3.8, 4) is 17.6 Å². The first-order valence-corrected chi connectivity index (χ1v) is 11.5. The Kier molecular flexibility index (Phi) is 10.0. The average molecular weight is 526 g/mol. The van der Waals surface area contributed by atoms with E-state index in [2.05, 4.69) is 10.6 Å². The summed E-state index contributed by atoms with van der Waals surface area (Å²) in [6.45, 7) is 4.24. The van der Waals surface area contributed by atoms with Gasteiger partial charge in [0, 0.05) is 5.69 Å². The first kappa shape index (κ1) is 29.4. The molecule has 12 heteroatoms. The number of aromatic hydroxyl groups is 1. The highest BCUT2D eigenvalue weighted by atomic mass is 16.6. The summed E-state index contributed by atoms with van der Waals surface area (Å²) in [5.74, 6) is -2.20. The Morgan fingerprint density at radius 2 is 1.79 bits per heavy atom. The van der Waals surface area contributed by atoms with Crippen LogP contribution in [0.15, 0.2) is 48.5 Å². The first-order valence-electron chi connectivity index (χ1n) is 11.5. The molecule has 0 bridgehead atoms. The quantitative estimate of drug-likeness (QED) is 0.340.